The smallest absolute Gasteiger partial charge is 0.128 e. The minimum Gasteiger partial charge on any atom is -0.369 e. The number of halogens is 2. The highest BCUT2D eigenvalue weighted by Gasteiger charge is 2.19. The molecule has 0 aliphatic carbocycles. The highest BCUT2D eigenvalue weighted by molar-refractivity contribution is 6.29. The summed E-state index contributed by atoms with van der Waals surface area (Å²) in [5.74, 6) is 0.791. The van der Waals surface area contributed by atoms with Crippen LogP contribution in [0.15, 0.2) is 30.5 Å². The van der Waals surface area contributed by atoms with Gasteiger partial charge in [-0.25, -0.2) is 9.37 Å². The Bertz CT molecular complexity index is 603. The second kappa shape index (κ2) is 6.03. The van der Waals surface area contributed by atoms with Gasteiger partial charge in [0, 0.05) is 38.9 Å². The first-order valence-corrected chi connectivity index (χ1v) is 7.40. The minimum absolute atomic E-state index is 0.191. The number of aromatic nitrogens is 2. The molecule has 0 atom stereocenters. The SMILES string of the molecule is Cn1c(Cl)cnc1CN1CCN(c2ccc(F)cc2)CC1. The molecule has 0 radical (unpaired) electrons. The highest BCUT2D eigenvalue weighted by Crippen LogP contribution is 2.18. The summed E-state index contributed by atoms with van der Waals surface area (Å²) in [5.41, 5.74) is 1.08. The van der Waals surface area contributed by atoms with Crippen LogP contribution in [-0.2, 0) is 13.6 Å². The Kier molecular flexibility index (Phi) is 4.12. The van der Waals surface area contributed by atoms with E-state index in [1.165, 1.54) is 12.1 Å². The summed E-state index contributed by atoms with van der Waals surface area (Å²) in [4.78, 5) is 8.97. The third kappa shape index (κ3) is 3.19. The van der Waals surface area contributed by atoms with Gasteiger partial charge in [0.1, 0.15) is 16.8 Å². The predicted octanol–water partition coefficient (Wildman–Crippen LogP) is 2.53. The monoisotopic (exact) mass is 308 g/mol. The zero-order valence-corrected chi connectivity index (χ0v) is 12.7. The molecule has 21 heavy (non-hydrogen) atoms. The number of anilines is 1. The summed E-state index contributed by atoms with van der Waals surface area (Å²) in [6.07, 6.45) is 1.69. The van der Waals surface area contributed by atoms with Crippen LogP contribution in [0.25, 0.3) is 0 Å². The van der Waals surface area contributed by atoms with Crippen LogP contribution in [0.2, 0.25) is 5.15 Å². The molecule has 0 unspecified atom stereocenters. The third-order valence-electron chi connectivity index (χ3n) is 3.96. The zero-order valence-electron chi connectivity index (χ0n) is 12.0. The van der Waals surface area contributed by atoms with Gasteiger partial charge in [0.15, 0.2) is 0 Å². The van der Waals surface area contributed by atoms with E-state index in [0.29, 0.717) is 5.15 Å². The van der Waals surface area contributed by atoms with E-state index in [-0.39, 0.29) is 5.82 Å². The van der Waals surface area contributed by atoms with E-state index in [1.807, 2.05) is 23.7 Å². The fourth-order valence-electron chi connectivity index (χ4n) is 2.59. The van der Waals surface area contributed by atoms with Crippen LogP contribution in [0.4, 0.5) is 10.1 Å². The van der Waals surface area contributed by atoms with Gasteiger partial charge >= 0.3 is 0 Å². The summed E-state index contributed by atoms with van der Waals surface area (Å²) in [7, 11) is 1.93. The van der Waals surface area contributed by atoms with Crippen molar-refractivity contribution in [3.05, 3.63) is 47.3 Å². The molecule has 0 saturated carbocycles. The summed E-state index contributed by atoms with van der Waals surface area (Å²) < 4.78 is 14.9. The second-order valence-electron chi connectivity index (χ2n) is 5.30. The molecule has 1 aliphatic heterocycles. The van der Waals surface area contributed by atoms with Crippen molar-refractivity contribution in [2.45, 2.75) is 6.54 Å². The molecule has 1 saturated heterocycles. The molecule has 6 heteroatoms. The lowest BCUT2D eigenvalue weighted by Gasteiger charge is -2.35. The van der Waals surface area contributed by atoms with Crippen molar-refractivity contribution in [2.75, 3.05) is 31.1 Å². The van der Waals surface area contributed by atoms with E-state index in [2.05, 4.69) is 14.8 Å². The fraction of sp³-hybridized carbons (Fsp3) is 0.400. The standard InChI is InChI=1S/C15H18ClFN4/c1-19-14(16)10-18-15(19)11-20-6-8-21(9-7-20)13-4-2-12(17)3-5-13/h2-5,10H,6-9,11H2,1H3. The number of hydrogen-bond donors (Lipinski definition) is 0. The van der Waals surface area contributed by atoms with Gasteiger partial charge in [-0.05, 0) is 24.3 Å². The van der Waals surface area contributed by atoms with Crippen molar-refractivity contribution in [3.8, 4) is 0 Å². The topological polar surface area (TPSA) is 24.3 Å². The van der Waals surface area contributed by atoms with Crippen LogP contribution >= 0.6 is 11.6 Å². The Labute approximate surface area is 128 Å². The first-order chi connectivity index (χ1) is 10.1. The van der Waals surface area contributed by atoms with Crippen molar-refractivity contribution in [1.82, 2.24) is 14.5 Å². The first kappa shape index (κ1) is 14.4. The van der Waals surface area contributed by atoms with Crippen LogP contribution in [0, 0.1) is 5.82 Å². The molecule has 3 rings (SSSR count). The van der Waals surface area contributed by atoms with Crippen molar-refractivity contribution in [1.29, 1.82) is 0 Å². The van der Waals surface area contributed by atoms with Crippen molar-refractivity contribution in [2.24, 2.45) is 7.05 Å². The molecular weight excluding hydrogens is 291 g/mol. The molecule has 4 nitrogen and oxygen atoms in total. The van der Waals surface area contributed by atoms with Crippen molar-refractivity contribution < 1.29 is 4.39 Å². The lowest BCUT2D eigenvalue weighted by atomic mass is 10.2. The maximum absolute atomic E-state index is 13.0. The zero-order chi connectivity index (χ0) is 14.8. The molecule has 112 valence electrons. The van der Waals surface area contributed by atoms with E-state index >= 15 is 0 Å². The van der Waals surface area contributed by atoms with Gasteiger partial charge in [0.05, 0.1) is 12.7 Å². The number of nitrogens with zero attached hydrogens (tertiary/aromatic N) is 4. The normalized spacial score (nSPS) is 16.4. The largest absolute Gasteiger partial charge is 0.369 e. The summed E-state index contributed by atoms with van der Waals surface area (Å²) >= 11 is 6.01. The molecule has 0 N–H and O–H groups in total. The van der Waals surface area contributed by atoms with Crippen molar-refractivity contribution in [3.63, 3.8) is 0 Å². The van der Waals surface area contributed by atoms with Crippen LogP contribution in [0.5, 0.6) is 0 Å². The Balaban J connectivity index is 1.58. The first-order valence-electron chi connectivity index (χ1n) is 7.02. The molecule has 1 aliphatic rings. The lowest BCUT2D eigenvalue weighted by molar-refractivity contribution is 0.242. The molecular formula is C15H18ClFN4. The van der Waals surface area contributed by atoms with Gasteiger partial charge in [-0.15, -0.1) is 0 Å². The van der Waals surface area contributed by atoms with Gasteiger partial charge in [-0.2, -0.15) is 0 Å². The second-order valence-corrected chi connectivity index (χ2v) is 5.68. The quantitative estimate of drug-likeness (QED) is 0.871. The molecule has 1 aromatic carbocycles. The maximum Gasteiger partial charge on any atom is 0.128 e. The summed E-state index contributed by atoms with van der Waals surface area (Å²) in [6.45, 7) is 4.60. The maximum atomic E-state index is 13.0. The number of piperazine rings is 1. The van der Waals surface area contributed by atoms with Gasteiger partial charge < -0.3 is 9.47 Å². The molecule has 0 amide bonds. The van der Waals surface area contributed by atoms with E-state index in [1.54, 1.807) is 6.20 Å². The van der Waals surface area contributed by atoms with Gasteiger partial charge in [0.25, 0.3) is 0 Å². The van der Waals surface area contributed by atoms with Gasteiger partial charge in [0.2, 0.25) is 0 Å². The third-order valence-corrected chi connectivity index (χ3v) is 4.31. The molecule has 2 aromatic rings. The van der Waals surface area contributed by atoms with E-state index in [9.17, 15) is 4.39 Å². The Morgan fingerprint density at radius 1 is 1.14 bits per heavy atom. The van der Waals surface area contributed by atoms with Crippen molar-refractivity contribution >= 4 is 17.3 Å². The van der Waals surface area contributed by atoms with E-state index in [0.717, 1.165) is 44.2 Å². The molecule has 0 spiro atoms. The molecule has 1 aromatic heterocycles. The van der Waals surface area contributed by atoms with Crippen LogP contribution in [0.1, 0.15) is 5.82 Å². The number of rotatable bonds is 3. The Morgan fingerprint density at radius 3 is 2.38 bits per heavy atom. The van der Waals surface area contributed by atoms with Gasteiger partial charge in [-0.1, -0.05) is 11.6 Å². The number of hydrogen-bond acceptors (Lipinski definition) is 3. The molecule has 0 bridgehead atoms. The average molecular weight is 309 g/mol. The fourth-order valence-corrected chi connectivity index (χ4v) is 2.73. The van der Waals surface area contributed by atoms with Gasteiger partial charge in [-0.3, -0.25) is 4.90 Å². The Hall–Kier alpha value is -1.59. The predicted molar refractivity (Wildman–Crippen MR) is 82.1 cm³/mol. The number of imidazole rings is 1. The average Bonchev–Trinajstić information content (AvgIpc) is 2.81. The van der Waals surface area contributed by atoms with Crippen LogP contribution < -0.4 is 4.90 Å². The summed E-state index contributed by atoms with van der Waals surface area (Å²) in [6, 6.07) is 6.70. The van der Waals surface area contributed by atoms with Crippen LogP contribution in [0.3, 0.4) is 0 Å². The lowest BCUT2D eigenvalue weighted by Crippen LogP contribution is -2.46. The number of benzene rings is 1. The minimum atomic E-state index is -0.191. The van der Waals surface area contributed by atoms with E-state index in [4.69, 9.17) is 11.6 Å². The summed E-state index contributed by atoms with van der Waals surface area (Å²) in [5, 5.41) is 0.662. The highest BCUT2D eigenvalue weighted by atomic mass is 35.5. The molecule has 2 heterocycles. The van der Waals surface area contributed by atoms with Crippen LogP contribution in [-0.4, -0.2) is 40.6 Å². The Morgan fingerprint density at radius 2 is 1.81 bits per heavy atom. The molecule has 1 fully saturated rings. The van der Waals surface area contributed by atoms with E-state index < -0.39 is 0 Å².